The molecule has 4 heteroatoms. The van der Waals surface area contributed by atoms with Gasteiger partial charge in [0.05, 0.1) is 6.26 Å². The lowest BCUT2D eigenvalue weighted by Crippen LogP contribution is -2.52. The van der Waals surface area contributed by atoms with E-state index in [0.29, 0.717) is 5.78 Å². The van der Waals surface area contributed by atoms with Crippen molar-refractivity contribution in [2.75, 3.05) is 0 Å². The van der Waals surface area contributed by atoms with Crippen LogP contribution in [0.4, 0.5) is 0 Å². The number of rotatable bonds is 4. The second kappa shape index (κ2) is 8.20. The molecule has 2 nitrogen and oxygen atoms in total. The molecule has 30 heavy (non-hydrogen) atoms. The molecule has 0 aliphatic heterocycles. The lowest BCUT2D eigenvalue weighted by Gasteiger charge is -2.55. The van der Waals surface area contributed by atoms with Gasteiger partial charge < -0.3 is 4.42 Å². The van der Waals surface area contributed by atoms with E-state index in [1.807, 2.05) is 30.3 Å². The van der Waals surface area contributed by atoms with Crippen molar-refractivity contribution in [1.29, 1.82) is 0 Å². The predicted octanol–water partition coefficient (Wildman–Crippen LogP) is 8.18. The fraction of sp³-hybridized carbons (Fsp3) is 0.423. The van der Waals surface area contributed by atoms with E-state index >= 15 is 0 Å². The number of furan rings is 1. The first-order chi connectivity index (χ1) is 14.2. The Morgan fingerprint density at radius 2 is 1.93 bits per heavy atom. The molecular weight excluding hydrogens is 456 g/mol. The molecule has 2 aliphatic rings. The maximum atomic E-state index is 13.0. The highest BCUT2D eigenvalue weighted by Crippen LogP contribution is 2.59. The minimum Gasteiger partial charge on any atom is -0.457 e. The summed E-state index contributed by atoms with van der Waals surface area (Å²) in [5.74, 6) is 0.657. The molecule has 3 atom stereocenters. The molecule has 0 saturated heterocycles. The summed E-state index contributed by atoms with van der Waals surface area (Å²) in [5, 5.41) is 0.886. The number of hydrogen-bond acceptors (Lipinski definition) is 3. The van der Waals surface area contributed by atoms with Gasteiger partial charge in [-0.15, -0.1) is 0 Å². The van der Waals surface area contributed by atoms with Crippen LogP contribution in [0.3, 0.4) is 0 Å². The molecule has 1 fully saturated rings. The molecule has 158 valence electrons. The second-order valence-corrected chi connectivity index (χ2v) is 11.5. The van der Waals surface area contributed by atoms with Crippen LogP contribution < -0.4 is 0 Å². The van der Waals surface area contributed by atoms with E-state index < -0.39 is 0 Å². The van der Waals surface area contributed by atoms with Crippen LogP contribution in [-0.4, -0.2) is 5.78 Å². The van der Waals surface area contributed by atoms with Gasteiger partial charge in [-0.25, -0.2) is 0 Å². The first kappa shape index (κ1) is 21.7. The normalized spacial score (nSPS) is 28.4. The van der Waals surface area contributed by atoms with E-state index in [4.69, 9.17) is 4.42 Å². The summed E-state index contributed by atoms with van der Waals surface area (Å²) < 4.78 is 6.86. The maximum absolute atomic E-state index is 13.0. The Hall–Kier alpha value is -1.52. The summed E-state index contributed by atoms with van der Waals surface area (Å²) in [6.45, 7) is 8.98. The first-order valence-electron chi connectivity index (χ1n) is 10.6. The fourth-order valence-electron chi connectivity index (χ4n) is 5.78. The highest BCUT2D eigenvalue weighted by atomic mass is 79.9. The Kier molecular flexibility index (Phi) is 5.93. The third kappa shape index (κ3) is 3.89. The summed E-state index contributed by atoms with van der Waals surface area (Å²) in [5.41, 5.74) is 2.27. The highest BCUT2D eigenvalue weighted by molar-refractivity contribution is 9.10. The van der Waals surface area contributed by atoms with E-state index in [9.17, 15) is 4.79 Å². The predicted molar refractivity (Wildman–Crippen MR) is 127 cm³/mol. The Balaban J connectivity index is 1.64. The quantitative estimate of drug-likeness (QED) is 0.437. The molecule has 0 unspecified atom stereocenters. The largest absolute Gasteiger partial charge is 0.457 e. The lowest BCUT2D eigenvalue weighted by atomic mass is 9.48. The van der Waals surface area contributed by atoms with Crippen molar-refractivity contribution in [3.05, 3.63) is 64.4 Å². The summed E-state index contributed by atoms with van der Waals surface area (Å²) in [6, 6.07) is 10.2. The van der Waals surface area contributed by atoms with Crippen molar-refractivity contribution in [3.8, 4) is 0 Å². The Bertz CT molecular complexity index is 1020. The van der Waals surface area contributed by atoms with E-state index in [0.717, 1.165) is 32.9 Å². The topological polar surface area (TPSA) is 30.2 Å². The molecule has 0 spiro atoms. The van der Waals surface area contributed by atoms with Crippen molar-refractivity contribution >= 4 is 39.6 Å². The van der Waals surface area contributed by atoms with Crippen LogP contribution in [0.5, 0.6) is 0 Å². The zero-order chi connectivity index (χ0) is 21.5. The standard InChI is InChI=1S/C26H29BrO2S/c1-17-16-21(28)23-25(2,3)13-7-14-26(23,4)19(17)11-10-18-12-15-29-24(18)30-22-9-6-5-8-20(22)27/h5-6,8-12,15-16,19,23H,7,13-14H2,1-4H3/b11-10+/t19-,23-,26+/m0/s1. The minimum atomic E-state index is -0.0341. The summed E-state index contributed by atoms with van der Waals surface area (Å²) in [4.78, 5) is 14.1. The van der Waals surface area contributed by atoms with Crippen molar-refractivity contribution in [2.24, 2.45) is 22.7 Å². The lowest BCUT2D eigenvalue weighted by molar-refractivity contribution is -0.134. The maximum Gasteiger partial charge on any atom is 0.172 e. The molecule has 0 N–H and O–H groups in total. The molecule has 1 aromatic heterocycles. The Labute approximate surface area is 192 Å². The van der Waals surface area contributed by atoms with E-state index in [-0.39, 0.29) is 22.7 Å². The molecule has 0 bridgehead atoms. The van der Waals surface area contributed by atoms with Gasteiger partial charge in [-0.2, -0.15) is 0 Å². The number of allylic oxidation sites excluding steroid dienone is 3. The number of carbonyl (C=O) groups is 1. The zero-order valence-electron chi connectivity index (χ0n) is 18.1. The van der Waals surface area contributed by atoms with Crippen LogP contribution in [0.2, 0.25) is 0 Å². The van der Waals surface area contributed by atoms with Crippen LogP contribution in [0.25, 0.3) is 6.08 Å². The van der Waals surface area contributed by atoms with Gasteiger partial charge in [0.2, 0.25) is 0 Å². The van der Waals surface area contributed by atoms with Gasteiger partial charge in [0, 0.05) is 26.8 Å². The average molecular weight is 485 g/mol. The van der Waals surface area contributed by atoms with E-state index in [1.165, 1.54) is 12.0 Å². The van der Waals surface area contributed by atoms with Gasteiger partial charge in [-0.05, 0) is 70.8 Å². The van der Waals surface area contributed by atoms with Gasteiger partial charge in [-0.3, -0.25) is 4.79 Å². The molecule has 2 aromatic rings. The molecule has 4 rings (SSSR count). The molecule has 2 aliphatic carbocycles. The van der Waals surface area contributed by atoms with Crippen LogP contribution in [0.15, 0.2) is 73.2 Å². The number of hydrogen-bond donors (Lipinski definition) is 0. The van der Waals surface area contributed by atoms with Gasteiger partial charge in [0.15, 0.2) is 10.9 Å². The minimum absolute atomic E-state index is 0.0341. The van der Waals surface area contributed by atoms with Crippen LogP contribution in [0, 0.1) is 22.7 Å². The van der Waals surface area contributed by atoms with E-state index in [2.05, 4.69) is 61.8 Å². The Morgan fingerprint density at radius 3 is 2.70 bits per heavy atom. The second-order valence-electron chi connectivity index (χ2n) is 9.60. The number of carbonyl (C=O) groups excluding carboxylic acids is 1. The Morgan fingerprint density at radius 1 is 1.17 bits per heavy atom. The summed E-state index contributed by atoms with van der Waals surface area (Å²) in [6.07, 6.45) is 11.5. The third-order valence-electron chi connectivity index (χ3n) is 7.00. The number of halogens is 1. The number of benzene rings is 1. The smallest absolute Gasteiger partial charge is 0.172 e. The summed E-state index contributed by atoms with van der Waals surface area (Å²) in [7, 11) is 0. The van der Waals surface area contributed by atoms with Gasteiger partial charge in [0.1, 0.15) is 0 Å². The monoisotopic (exact) mass is 484 g/mol. The first-order valence-corrected chi connectivity index (χ1v) is 12.2. The number of fused-ring (bicyclic) bond motifs is 1. The fourth-order valence-corrected chi connectivity index (χ4v) is 7.18. The van der Waals surface area contributed by atoms with Crippen LogP contribution in [0.1, 0.15) is 52.5 Å². The van der Waals surface area contributed by atoms with Crippen LogP contribution >= 0.6 is 27.7 Å². The molecular formula is C26H29BrO2S. The summed E-state index contributed by atoms with van der Waals surface area (Å²) >= 11 is 5.24. The molecule has 0 radical (unpaired) electrons. The zero-order valence-corrected chi connectivity index (χ0v) is 20.5. The molecule has 1 saturated carbocycles. The van der Waals surface area contributed by atoms with Gasteiger partial charge >= 0.3 is 0 Å². The average Bonchev–Trinajstić information content (AvgIpc) is 3.09. The van der Waals surface area contributed by atoms with Crippen LogP contribution in [-0.2, 0) is 4.79 Å². The SMILES string of the molecule is CC1=CC(=O)[C@H]2C(C)(C)CCC[C@]2(C)[C@H]1/C=C/c1ccoc1Sc1ccccc1Br. The van der Waals surface area contributed by atoms with Gasteiger partial charge in [0.25, 0.3) is 0 Å². The van der Waals surface area contributed by atoms with Gasteiger partial charge in [-0.1, -0.05) is 68.8 Å². The van der Waals surface area contributed by atoms with Crippen molar-refractivity contribution in [3.63, 3.8) is 0 Å². The third-order valence-corrected chi connectivity index (χ3v) is 9.05. The van der Waals surface area contributed by atoms with Crippen molar-refractivity contribution in [2.45, 2.75) is 56.9 Å². The molecule has 1 heterocycles. The molecule has 1 aromatic carbocycles. The van der Waals surface area contributed by atoms with Crippen molar-refractivity contribution in [1.82, 2.24) is 0 Å². The van der Waals surface area contributed by atoms with Crippen molar-refractivity contribution < 1.29 is 9.21 Å². The highest BCUT2D eigenvalue weighted by Gasteiger charge is 2.54. The number of ketones is 1. The molecule has 0 amide bonds. The van der Waals surface area contributed by atoms with E-state index in [1.54, 1.807) is 18.0 Å².